The van der Waals surface area contributed by atoms with Crippen molar-refractivity contribution in [2.45, 2.75) is 13.8 Å². The van der Waals surface area contributed by atoms with Crippen LogP contribution in [-0.2, 0) is 9.84 Å². The Labute approximate surface area is 160 Å². The predicted octanol–water partition coefficient (Wildman–Crippen LogP) is 3.21. The van der Waals surface area contributed by atoms with Crippen LogP contribution in [0.25, 0.3) is 15.9 Å². The monoisotopic (exact) mass is 411 g/mol. The number of carbonyl (C=O) groups excluding carboxylic acids is 1. The fourth-order valence-corrected chi connectivity index (χ4v) is 4.48. The Bertz CT molecular complexity index is 1070. The van der Waals surface area contributed by atoms with Gasteiger partial charge < -0.3 is 5.32 Å². The summed E-state index contributed by atoms with van der Waals surface area (Å²) in [5.41, 5.74) is 1.63. The Hall–Kier alpha value is -1.90. The first-order valence-electron chi connectivity index (χ1n) is 8.04. The Balaban J connectivity index is 1.85. The SMILES string of the molecule is CCS(=O)(=O)CCNC(=O)c1cc2c(C)nn(-c3cccc(Cl)c3)c2s1. The first kappa shape index (κ1) is 18.9. The van der Waals surface area contributed by atoms with Gasteiger partial charge in [0, 0.05) is 22.7 Å². The Morgan fingerprint density at radius 2 is 2.12 bits per heavy atom. The van der Waals surface area contributed by atoms with Gasteiger partial charge in [0.1, 0.15) is 4.83 Å². The van der Waals surface area contributed by atoms with Gasteiger partial charge in [-0.25, -0.2) is 13.1 Å². The summed E-state index contributed by atoms with van der Waals surface area (Å²) in [6, 6.07) is 9.12. The van der Waals surface area contributed by atoms with Crippen molar-refractivity contribution < 1.29 is 13.2 Å². The zero-order valence-corrected chi connectivity index (χ0v) is 16.7. The fourth-order valence-electron chi connectivity index (χ4n) is 2.49. The number of hydrogen-bond acceptors (Lipinski definition) is 5. The van der Waals surface area contributed by atoms with Crippen LogP contribution in [0, 0.1) is 6.92 Å². The van der Waals surface area contributed by atoms with Gasteiger partial charge in [0.2, 0.25) is 0 Å². The lowest BCUT2D eigenvalue weighted by Gasteiger charge is -2.04. The van der Waals surface area contributed by atoms with Crippen molar-refractivity contribution in [3.8, 4) is 5.69 Å². The van der Waals surface area contributed by atoms with Crippen LogP contribution in [0.3, 0.4) is 0 Å². The third kappa shape index (κ3) is 3.92. The van der Waals surface area contributed by atoms with E-state index < -0.39 is 9.84 Å². The molecule has 1 amide bonds. The number of aromatic nitrogens is 2. The number of amides is 1. The summed E-state index contributed by atoms with van der Waals surface area (Å²) in [7, 11) is -3.10. The molecule has 0 atom stereocenters. The van der Waals surface area contributed by atoms with Gasteiger partial charge in [0.15, 0.2) is 9.84 Å². The van der Waals surface area contributed by atoms with Crippen LogP contribution in [0.1, 0.15) is 22.3 Å². The minimum atomic E-state index is -3.10. The topological polar surface area (TPSA) is 81.1 Å². The van der Waals surface area contributed by atoms with Crippen LogP contribution in [-0.4, -0.2) is 42.2 Å². The molecular formula is C17H18ClN3O3S2. The molecule has 6 nitrogen and oxygen atoms in total. The number of nitrogens with one attached hydrogen (secondary N) is 1. The van der Waals surface area contributed by atoms with Crippen molar-refractivity contribution in [3.05, 3.63) is 45.9 Å². The van der Waals surface area contributed by atoms with E-state index in [2.05, 4.69) is 10.4 Å². The van der Waals surface area contributed by atoms with E-state index in [0.29, 0.717) is 9.90 Å². The van der Waals surface area contributed by atoms with E-state index in [0.717, 1.165) is 21.6 Å². The second kappa shape index (κ2) is 7.38. The summed E-state index contributed by atoms with van der Waals surface area (Å²) in [5.74, 6) is -0.273. The number of benzene rings is 1. The van der Waals surface area contributed by atoms with Crippen LogP contribution in [0.2, 0.25) is 5.02 Å². The van der Waals surface area contributed by atoms with Crippen molar-refractivity contribution in [1.29, 1.82) is 0 Å². The van der Waals surface area contributed by atoms with Gasteiger partial charge in [-0.05, 0) is 31.2 Å². The standard InChI is InChI=1S/C17H18ClN3O3S2/c1-3-26(23,24)8-7-19-16(22)15-10-14-11(2)20-21(17(14)25-15)13-6-4-5-12(18)9-13/h4-6,9-10H,3,7-8H2,1-2H3,(H,19,22). The van der Waals surface area contributed by atoms with Crippen molar-refractivity contribution in [1.82, 2.24) is 15.1 Å². The van der Waals surface area contributed by atoms with Gasteiger partial charge in [-0.1, -0.05) is 24.6 Å². The average Bonchev–Trinajstić information content (AvgIpc) is 3.15. The smallest absolute Gasteiger partial charge is 0.261 e. The number of rotatable bonds is 6. The number of hydrogen-bond donors (Lipinski definition) is 1. The van der Waals surface area contributed by atoms with Crippen molar-refractivity contribution in [2.24, 2.45) is 0 Å². The van der Waals surface area contributed by atoms with Crippen LogP contribution < -0.4 is 5.32 Å². The van der Waals surface area contributed by atoms with E-state index in [-0.39, 0.29) is 24.0 Å². The third-order valence-corrected chi connectivity index (χ3v) is 7.01. The van der Waals surface area contributed by atoms with Crippen LogP contribution in [0.4, 0.5) is 0 Å². The molecule has 0 radical (unpaired) electrons. The Morgan fingerprint density at radius 3 is 2.81 bits per heavy atom. The van der Waals surface area contributed by atoms with Gasteiger partial charge in [-0.3, -0.25) is 4.79 Å². The molecule has 2 heterocycles. The van der Waals surface area contributed by atoms with E-state index in [1.54, 1.807) is 23.7 Å². The Kier molecular flexibility index (Phi) is 5.36. The van der Waals surface area contributed by atoms with Crippen LogP contribution >= 0.6 is 22.9 Å². The molecule has 0 aliphatic heterocycles. The number of aryl methyl sites for hydroxylation is 1. The largest absolute Gasteiger partial charge is 0.350 e. The van der Waals surface area contributed by atoms with Gasteiger partial charge in [-0.15, -0.1) is 11.3 Å². The highest BCUT2D eigenvalue weighted by Gasteiger charge is 2.17. The minimum Gasteiger partial charge on any atom is -0.350 e. The zero-order chi connectivity index (χ0) is 18.9. The molecule has 0 unspecified atom stereocenters. The lowest BCUT2D eigenvalue weighted by atomic mass is 10.3. The normalized spacial score (nSPS) is 11.8. The summed E-state index contributed by atoms with van der Waals surface area (Å²) in [6.07, 6.45) is 0. The van der Waals surface area contributed by atoms with Gasteiger partial charge in [0.25, 0.3) is 5.91 Å². The highest BCUT2D eigenvalue weighted by atomic mass is 35.5. The van der Waals surface area contributed by atoms with E-state index in [4.69, 9.17) is 11.6 Å². The molecule has 9 heteroatoms. The number of thiophene rings is 1. The maximum Gasteiger partial charge on any atom is 0.261 e. The molecule has 0 bridgehead atoms. The number of halogens is 1. The van der Waals surface area contributed by atoms with Crippen LogP contribution in [0.5, 0.6) is 0 Å². The molecule has 138 valence electrons. The lowest BCUT2D eigenvalue weighted by molar-refractivity contribution is 0.0960. The molecule has 3 aromatic rings. The molecule has 1 N–H and O–H groups in total. The van der Waals surface area contributed by atoms with E-state index in [1.165, 1.54) is 11.3 Å². The number of sulfone groups is 1. The molecule has 0 saturated carbocycles. The highest BCUT2D eigenvalue weighted by molar-refractivity contribution is 7.91. The molecule has 3 rings (SSSR count). The van der Waals surface area contributed by atoms with Gasteiger partial charge >= 0.3 is 0 Å². The molecule has 0 fully saturated rings. The second-order valence-electron chi connectivity index (χ2n) is 5.80. The molecule has 0 aliphatic rings. The fraction of sp³-hybridized carbons (Fsp3) is 0.294. The van der Waals surface area contributed by atoms with Gasteiger partial charge in [-0.2, -0.15) is 5.10 Å². The first-order chi connectivity index (χ1) is 12.3. The predicted molar refractivity (Wildman–Crippen MR) is 105 cm³/mol. The maximum absolute atomic E-state index is 12.4. The molecule has 0 spiro atoms. The van der Waals surface area contributed by atoms with Crippen molar-refractivity contribution in [3.63, 3.8) is 0 Å². The highest BCUT2D eigenvalue weighted by Crippen LogP contribution is 2.30. The summed E-state index contributed by atoms with van der Waals surface area (Å²) in [6.45, 7) is 3.57. The molecule has 26 heavy (non-hydrogen) atoms. The second-order valence-corrected chi connectivity index (χ2v) is 9.74. The molecule has 2 aromatic heterocycles. The minimum absolute atomic E-state index is 0.0601. The number of carbonyl (C=O) groups is 1. The molecule has 0 aliphatic carbocycles. The summed E-state index contributed by atoms with van der Waals surface area (Å²) in [5, 5.41) is 8.69. The van der Waals surface area contributed by atoms with Crippen molar-refractivity contribution >= 4 is 48.9 Å². The quantitative estimate of drug-likeness (QED) is 0.675. The summed E-state index contributed by atoms with van der Waals surface area (Å²) >= 11 is 7.38. The zero-order valence-electron chi connectivity index (χ0n) is 14.3. The molecule has 0 saturated heterocycles. The first-order valence-corrected chi connectivity index (χ1v) is 11.1. The summed E-state index contributed by atoms with van der Waals surface area (Å²) in [4.78, 5) is 13.7. The number of fused-ring (bicyclic) bond motifs is 1. The Morgan fingerprint density at radius 1 is 1.35 bits per heavy atom. The van der Waals surface area contributed by atoms with E-state index >= 15 is 0 Å². The van der Waals surface area contributed by atoms with E-state index in [1.807, 2.05) is 25.1 Å². The third-order valence-electron chi connectivity index (χ3n) is 3.96. The maximum atomic E-state index is 12.4. The van der Waals surface area contributed by atoms with E-state index in [9.17, 15) is 13.2 Å². The van der Waals surface area contributed by atoms with Crippen molar-refractivity contribution in [2.75, 3.05) is 18.1 Å². The molecular weight excluding hydrogens is 394 g/mol. The summed E-state index contributed by atoms with van der Waals surface area (Å²) < 4.78 is 24.8. The van der Waals surface area contributed by atoms with Gasteiger partial charge in [0.05, 0.1) is 22.0 Å². The average molecular weight is 412 g/mol. The van der Waals surface area contributed by atoms with Crippen LogP contribution in [0.15, 0.2) is 30.3 Å². The molecule has 1 aromatic carbocycles. The lowest BCUT2D eigenvalue weighted by Crippen LogP contribution is -2.29. The number of nitrogens with zero attached hydrogens (tertiary/aromatic N) is 2.